The molecule has 0 spiro atoms. The molecule has 0 unspecified atom stereocenters. The molecule has 1 fully saturated rings. The third-order valence-electron chi connectivity index (χ3n) is 3.98. The van der Waals surface area contributed by atoms with Gasteiger partial charge in [-0.25, -0.2) is 0 Å². The summed E-state index contributed by atoms with van der Waals surface area (Å²) in [6, 6.07) is 0. The van der Waals surface area contributed by atoms with Crippen molar-refractivity contribution in [2.24, 2.45) is 5.73 Å². The van der Waals surface area contributed by atoms with Gasteiger partial charge < -0.3 is 30.3 Å². The quantitative estimate of drug-likeness (QED) is 0.516. The molecule has 2 aliphatic rings. The SMILES string of the molecule is CCC(=O)O.CCC(=O)O.CCC(=O)OC[C@@H]1CC[C@H](N2C=CCC(C(N)=O)=C2)O1. The number of ether oxygens (including phenoxy) is 2. The zero-order valence-corrected chi connectivity index (χ0v) is 17.7. The van der Waals surface area contributed by atoms with Crippen LogP contribution >= 0.6 is 0 Å². The number of hydrogen-bond acceptors (Lipinski definition) is 7. The first-order valence-corrected chi connectivity index (χ1v) is 9.83. The lowest BCUT2D eigenvalue weighted by atomic mass is 10.1. The van der Waals surface area contributed by atoms with Crippen LogP contribution in [0.25, 0.3) is 0 Å². The summed E-state index contributed by atoms with van der Waals surface area (Å²) in [5.41, 5.74) is 5.85. The number of carbonyl (C=O) groups is 4. The average molecular weight is 428 g/mol. The number of hydrogen-bond donors (Lipinski definition) is 3. The Bertz CT molecular complexity index is 631. The van der Waals surface area contributed by atoms with Crippen LogP contribution in [-0.2, 0) is 28.7 Å². The van der Waals surface area contributed by atoms with Gasteiger partial charge in [-0.05, 0) is 19.3 Å². The van der Waals surface area contributed by atoms with E-state index in [0.717, 1.165) is 12.8 Å². The number of primary amides is 1. The first-order valence-electron chi connectivity index (χ1n) is 9.83. The van der Waals surface area contributed by atoms with Crippen molar-refractivity contribution in [3.63, 3.8) is 0 Å². The van der Waals surface area contributed by atoms with E-state index in [1.807, 2.05) is 17.2 Å². The van der Waals surface area contributed by atoms with Gasteiger partial charge in [-0.2, -0.15) is 0 Å². The van der Waals surface area contributed by atoms with Gasteiger partial charge in [0.1, 0.15) is 12.8 Å². The number of rotatable bonds is 7. The highest BCUT2D eigenvalue weighted by atomic mass is 16.6. The number of carboxylic acid groups (broad SMARTS) is 2. The first-order chi connectivity index (χ1) is 14.1. The maximum absolute atomic E-state index is 11.2. The zero-order chi connectivity index (χ0) is 23.1. The van der Waals surface area contributed by atoms with E-state index >= 15 is 0 Å². The minimum absolute atomic E-state index is 0.0868. The lowest BCUT2D eigenvalue weighted by molar-refractivity contribution is -0.148. The molecule has 1 amide bonds. The molecule has 30 heavy (non-hydrogen) atoms. The smallest absolute Gasteiger partial charge is 0.305 e. The normalized spacial score (nSPS) is 19.4. The average Bonchev–Trinajstić information content (AvgIpc) is 3.22. The predicted molar refractivity (Wildman–Crippen MR) is 108 cm³/mol. The monoisotopic (exact) mass is 428 g/mol. The number of carboxylic acids is 2. The van der Waals surface area contributed by atoms with Gasteiger partial charge >= 0.3 is 17.9 Å². The largest absolute Gasteiger partial charge is 0.481 e. The Labute approximate surface area is 176 Å². The molecule has 2 atom stereocenters. The Kier molecular flexibility index (Phi) is 13.6. The van der Waals surface area contributed by atoms with Gasteiger partial charge in [-0.15, -0.1) is 0 Å². The molecular weight excluding hydrogens is 396 g/mol. The van der Waals surface area contributed by atoms with E-state index in [9.17, 15) is 19.2 Å². The Morgan fingerprint density at radius 3 is 2.13 bits per heavy atom. The summed E-state index contributed by atoms with van der Waals surface area (Å²) in [6.45, 7) is 5.24. The number of nitrogens with two attached hydrogens (primary N) is 1. The van der Waals surface area contributed by atoms with Crippen molar-refractivity contribution in [3.05, 3.63) is 24.0 Å². The summed E-state index contributed by atoms with van der Waals surface area (Å²) in [5.74, 6) is -2.12. The number of amides is 1. The van der Waals surface area contributed by atoms with Crippen LogP contribution in [-0.4, -0.2) is 57.9 Å². The van der Waals surface area contributed by atoms with E-state index in [1.54, 1.807) is 27.0 Å². The summed E-state index contributed by atoms with van der Waals surface area (Å²) in [6.07, 6.45) is 8.29. The second-order valence-corrected chi connectivity index (χ2v) is 6.38. The maximum Gasteiger partial charge on any atom is 0.305 e. The van der Waals surface area contributed by atoms with Crippen LogP contribution in [0.5, 0.6) is 0 Å². The van der Waals surface area contributed by atoms with E-state index in [2.05, 4.69) is 0 Å². The van der Waals surface area contributed by atoms with E-state index in [-0.39, 0.29) is 37.7 Å². The van der Waals surface area contributed by atoms with Crippen molar-refractivity contribution in [3.8, 4) is 0 Å². The molecule has 0 aromatic heterocycles. The van der Waals surface area contributed by atoms with Crippen molar-refractivity contribution >= 4 is 23.8 Å². The number of aliphatic carboxylic acids is 2. The lowest BCUT2D eigenvalue weighted by Gasteiger charge is -2.27. The molecule has 0 saturated carbocycles. The summed E-state index contributed by atoms with van der Waals surface area (Å²) in [4.78, 5) is 42.9. The fourth-order valence-corrected chi connectivity index (χ4v) is 2.24. The lowest BCUT2D eigenvalue weighted by Crippen LogP contribution is -2.30. The highest BCUT2D eigenvalue weighted by Crippen LogP contribution is 2.26. The molecule has 2 rings (SSSR count). The van der Waals surface area contributed by atoms with Crippen molar-refractivity contribution < 1.29 is 38.9 Å². The minimum atomic E-state index is -0.745. The number of nitrogens with zero attached hydrogens (tertiary/aromatic N) is 1. The van der Waals surface area contributed by atoms with Gasteiger partial charge in [0.15, 0.2) is 0 Å². The van der Waals surface area contributed by atoms with Gasteiger partial charge in [0.2, 0.25) is 5.91 Å². The molecule has 0 radical (unpaired) electrons. The summed E-state index contributed by atoms with van der Waals surface area (Å²) < 4.78 is 10.9. The third-order valence-corrected chi connectivity index (χ3v) is 3.98. The van der Waals surface area contributed by atoms with Gasteiger partial charge in [-0.3, -0.25) is 19.2 Å². The molecule has 2 aliphatic heterocycles. The van der Waals surface area contributed by atoms with Crippen LogP contribution in [0, 0.1) is 0 Å². The number of carbonyl (C=O) groups excluding carboxylic acids is 2. The minimum Gasteiger partial charge on any atom is -0.481 e. The summed E-state index contributed by atoms with van der Waals surface area (Å²) >= 11 is 0. The Balaban J connectivity index is 0.000000702. The molecule has 10 heteroatoms. The van der Waals surface area contributed by atoms with Gasteiger partial charge in [0.25, 0.3) is 0 Å². The second kappa shape index (κ2) is 15.0. The van der Waals surface area contributed by atoms with Crippen LogP contribution in [0.4, 0.5) is 0 Å². The Morgan fingerprint density at radius 1 is 1.10 bits per heavy atom. The predicted octanol–water partition coefficient (Wildman–Crippen LogP) is 2.00. The van der Waals surface area contributed by atoms with Crippen molar-refractivity contribution in [2.45, 2.75) is 71.6 Å². The van der Waals surface area contributed by atoms with E-state index in [0.29, 0.717) is 18.4 Å². The molecule has 0 aliphatic carbocycles. The number of esters is 1. The van der Waals surface area contributed by atoms with Crippen molar-refractivity contribution in [2.75, 3.05) is 6.61 Å². The standard InChI is InChI=1S/C14H20N2O4.2C3H6O2/c1-2-13(17)19-9-11-5-6-12(20-11)16-7-3-4-10(8-16)14(15)18;2*1-2-3(4)5/h3,7-8,11-12H,2,4-6,9H2,1H3,(H2,15,18);2*2H2,1H3,(H,4,5)/t11-,12+;;/m0../s1. The molecule has 10 nitrogen and oxygen atoms in total. The molecule has 1 saturated heterocycles. The van der Waals surface area contributed by atoms with Crippen molar-refractivity contribution in [1.82, 2.24) is 4.90 Å². The Hall–Kier alpha value is -2.88. The van der Waals surface area contributed by atoms with Crippen molar-refractivity contribution in [1.29, 1.82) is 0 Å². The maximum atomic E-state index is 11.2. The third kappa shape index (κ3) is 11.8. The van der Waals surface area contributed by atoms with E-state index < -0.39 is 17.8 Å². The topological polar surface area (TPSA) is 156 Å². The molecule has 170 valence electrons. The molecule has 2 heterocycles. The summed E-state index contributed by atoms with van der Waals surface area (Å²) in [5, 5.41) is 15.4. The fraction of sp³-hybridized carbons (Fsp3) is 0.600. The van der Waals surface area contributed by atoms with E-state index in [4.69, 9.17) is 25.4 Å². The van der Waals surface area contributed by atoms with Crippen LogP contribution in [0.1, 0.15) is 59.3 Å². The highest BCUT2D eigenvalue weighted by molar-refractivity contribution is 5.92. The molecular formula is C20H32N2O8. The number of allylic oxidation sites excluding steroid dienone is 1. The van der Waals surface area contributed by atoms with Gasteiger partial charge in [0, 0.05) is 37.2 Å². The van der Waals surface area contributed by atoms with Gasteiger partial charge in [0.05, 0.1) is 6.10 Å². The van der Waals surface area contributed by atoms with Crippen LogP contribution in [0.2, 0.25) is 0 Å². The molecule has 0 aromatic carbocycles. The second-order valence-electron chi connectivity index (χ2n) is 6.38. The van der Waals surface area contributed by atoms with E-state index in [1.165, 1.54) is 0 Å². The molecule has 4 N–H and O–H groups in total. The first kappa shape index (κ1) is 27.1. The van der Waals surface area contributed by atoms with Gasteiger partial charge in [-0.1, -0.05) is 26.8 Å². The van der Waals surface area contributed by atoms with Crippen LogP contribution in [0.3, 0.4) is 0 Å². The van der Waals surface area contributed by atoms with Crippen LogP contribution < -0.4 is 5.73 Å². The highest BCUT2D eigenvalue weighted by Gasteiger charge is 2.30. The summed E-state index contributed by atoms with van der Waals surface area (Å²) in [7, 11) is 0. The zero-order valence-electron chi connectivity index (χ0n) is 17.7. The Morgan fingerprint density at radius 2 is 1.67 bits per heavy atom. The molecule has 0 bridgehead atoms. The molecule has 0 aromatic rings. The van der Waals surface area contributed by atoms with Crippen LogP contribution in [0.15, 0.2) is 24.0 Å². The fourth-order valence-electron chi connectivity index (χ4n) is 2.24.